The van der Waals surface area contributed by atoms with E-state index in [1.807, 2.05) is 0 Å². The Morgan fingerprint density at radius 3 is 2.50 bits per heavy atom. The molecule has 0 bridgehead atoms. The standard InChI is InChI=1S/C12H15FN4O2S/c1-7-6-8(13)4-5-9(7)17-11(14)10(20(3,18)19)12(15-2)16-17/h4-6H,14H2,1-3H3,(H,15,16). The van der Waals surface area contributed by atoms with Gasteiger partial charge < -0.3 is 11.1 Å². The Morgan fingerprint density at radius 2 is 2.05 bits per heavy atom. The fourth-order valence-corrected chi connectivity index (χ4v) is 2.95. The third kappa shape index (κ3) is 2.34. The SMILES string of the molecule is CNc1nn(-c2ccc(F)cc2C)c(N)c1S(C)(=O)=O. The predicted molar refractivity (Wildman–Crippen MR) is 75.3 cm³/mol. The van der Waals surface area contributed by atoms with Gasteiger partial charge in [-0.3, -0.25) is 0 Å². The second kappa shape index (κ2) is 4.78. The van der Waals surface area contributed by atoms with Gasteiger partial charge in [0.1, 0.15) is 11.6 Å². The summed E-state index contributed by atoms with van der Waals surface area (Å²) in [5.41, 5.74) is 7.01. The van der Waals surface area contributed by atoms with E-state index in [1.165, 1.54) is 22.9 Å². The quantitative estimate of drug-likeness (QED) is 0.892. The molecule has 8 heteroatoms. The van der Waals surface area contributed by atoms with E-state index < -0.39 is 9.84 Å². The number of nitrogen functional groups attached to an aromatic ring is 1. The van der Waals surface area contributed by atoms with Crippen LogP contribution in [0.25, 0.3) is 5.69 Å². The number of rotatable bonds is 3. The van der Waals surface area contributed by atoms with E-state index in [9.17, 15) is 12.8 Å². The van der Waals surface area contributed by atoms with Gasteiger partial charge in [-0.15, -0.1) is 5.10 Å². The molecule has 2 aromatic rings. The van der Waals surface area contributed by atoms with Gasteiger partial charge in [-0.2, -0.15) is 0 Å². The van der Waals surface area contributed by atoms with E-state index in [-0.39, 0.29) is 22.3 Å². The third-order valence-corrected chi connectivity index (χ3v) is 4.01. The van der Waals surface area contributed by atoms with Gasteiger partial charge in [-0.25, -0.2) is 17.5 Å². The first-order chi connectivity index (χ1) is 9.25. The van der Waals surface area contributed by atoms with E-state index in [0.717, 1.165) is 6.26 Å². The minimum atomic E-state index is -3.53. The number of hydrogen-bond acceptors (Lipinski definition) is 5. The molecule has 0 atom stereocenters. The second-order valence-corrected chi connectivity index (χ2v) is 6.38. The van der Waals surface area contributed by atoms with Gasteiger partial charge in [0.05, 0.1) is 5.69 Å². The van der Waals surface area contributed by atoms with Crippen molar-refractivity contribution in [2.75, 3.05) is 24.4 Å². The first kappa shape index (κ1) is 14.3. The van der Waals surface area contributed by atoms with Gasteiger partial charge in [-0.05, 0) is 30.7 Å². The summed E-state index contributed by atoms with van der Waals surface area (Å²) in [4.78, 5) is -0.0660. The zero-order valence-electron chi connectivity index (χ0n) is 11.3. The Bertz CT molecular complexity index is 768. The molecule has 0 unspecified atom stereocenters. The summed E-state index contributed by atoms with van der Waals surface area (Å²) in [7, 11) is -1.98. The van der Waals surface area contributed by atoms with Crippen LogP contribution in [0.5, 0.6) is 0 Å². The van der Waals surface area contributed by atoms with Crippen LogP contribution in [0.15, 0.2) is 23.1 Å². The van der Waals surface area contributed by atoms with Crippen molar-refractivity contribution in [1.82, 2.24) is 9.78 Å². The van der Waals surface area contributed by atoms with E-state index in [4.69, 9.17) is 5.73 Å². The van der Waals surface area contributed by atoms with Gasteiger partial charge in [0, 0.05) is 13.3 Å². The minimum absolute atomic E-state index is 0.00782. The van der Waals surface area contributed by atoms with Crippen molar-refractivity contribution >= 4 is 21.5 Å². The Morgan fingerprint density at radius 1 is 1.40 bits per heavy atom. The van der Waals surface area contributed by atoms with Crippen LogP contribution >= 0.6 is 0 Å². The Balaban J connectivity index is 2.74. The van der Waals surface area contributed by atoms with Crippen molar-refractivity contribution in [3.05, 3.63) is 29.6 Å². The maximum atomic E-state index is 13.1. The number of nitrogens with zero attached hydrogens (tertiary/aromatic N) is 2. The molecular weight excluding hydrogens is 283 g/mol. The molecule has 0 saturated heterocycles. The second-order valence-electron chi connectivity index (χ2n) is 4.43. The number of nitrogens with one attached hydrogen (secondary N) is 1. The number of anilines is 2. The van der Waals surface area contributed by atoms with E-state index in [2.05, 4.69) is 10.4 Å². The van der Waals surface area contributed by atoms with Crippen molar-refractivity contribution in [2.45, 2.75) is 11.8 Å². The summed E-state index contributed by atoms with van der Waals surface area (Å²) in [5, 5.41) is 6.83. The highest BCUT2D eigenvalue weighted by atomic mass is 32.2. The molecule has 0 saturated carbocycles. The normalized spacial score (nSPS) is 11.6. The van der Waals surface area contributed by atoms with Crippen molar-refractivity contribution in [3.63, 3.8) is 0 Å². The average Bonchev–Trinajstić information content (AvgIpc) is 2.66. The van der Waals surface area contributed by atoms with Gasteiger partial charge in [0.25, 0.3) is 0 Å². The first-order valence-corrected chi connectivity index (χ1v) is 7.67. The minimum Gasteiger partial charge on any atom is -0.382 e. The molecule has 0 aliphatic heterocycles. The van der Waals surface area contributed by atoms with Crippen LogP contribution in [0.4, 0.5) is 16.0 Å². The molecule has 0 radical (unpaired) electrons. The van der Waals surface area contributed by atoms with Crippen LogP contribution in [-0.2, 0) is 9.84 Å². The number of nitrogens with two attached hydrogens (primary N) is 1. The van der Waals surface area contributed by atoms with E-state index in [1.54, 1.807) is 14.0 Å². The lowest BCUT2D eigenvalue weighted by molar-refractivity contribution is 0.602. The van der Waals surface area contributed by atoms with Gasteiger partial charge in [0.15, 0.2) is 20.6 Å². The zero-order chi connectivity index (χ0) is 15.1. The Hall–Kier alpha value is -2.09. The smallest absolute Gasteiger partial charge is 0.182 e. The highest BCUT2D eigenvalue weighted by Gasteiger charge is 2.24. The van der Waals surface area contributed by atoms with E-state index >= 15 is 0 Å². The summed E-state index contributed by atoms with van der Waals surface area (Å²) < 4.78 is 38.0. The number of aryl methyl sites for hydroxylation is 1. The molecule has 6 nitrogen and oxygen atoms in total. The lowest BCUT2D eigenvalue weighted by Crippen LogP contribution is -2.07. The molecule has 0 amide bonds. The molecule has 0 fully saturated rings. The maximum absolute atomic E-state index is 13.1. The molecule has 20 heavy (non-hydrogen) atoms. The highest BCUT2D eigenvalue weighted by Crippen LogP contribution is 2.30. The molecule has 3 N–H and O–H groups in total. The number of halogens is 1. The highest BCUT2D eigenvalue weighted by molar-refractivity contribution is 7.91. The topological polar surface area (TPSA) is 90.0 Å². The lowest BCUT2D eigenvalue weighted by atomic mass is 10.2. The lowest BCUT2D eigenvalue weighted by Gasteiger charge is -2.07. The summed E-state index contributed by atoms with van der Waals surface area (Å²) in [6.45, 7) is 1.69. The molecule has 1 heterocycles. The molecule has 0 aliphatic carbocycles. The monoisotopic (exact) mass is 298 g/mol. The fraction of sp³-hybridized carbons (Fsp3) is 0.250. The predicted octanol–water partition coefficient (Wildman–Crippen LogP) is 1.35. The number of aromatic nitrogens is 2. The average molecular weight is 298 g/mol. The van der Waals surface area contributed by atoms with Crippen LogP contribution in [0, 0.1) is 12.7 Å². The number of hydrogen-bond donors (Lipinski definition) is 2. The number of benzene rings is 1. The molecule has 0 spiro atoms. The summed E-state index contributed by atoms with van der Waals surface area (Å²) in [6.07, 6.45) is 1.06. The van der Waals surface area contributed by atoms with Crippen molar-refractivity contribution in [1.29, 1.82) is 0 Å². The molecule has 0 aliphatic rings. The van der Waals surface area contributed by atoms with Gasteiger partial charge in [-0.1, -0.05) is 0 Å². The maximum Gasteiger partial charge on any atom is 0.182 e. The molecule has 1 aromatic carbocycles. The van der Waals surface area contributed by atoms with Crippen molar-refractivity contribution < 1.29 is 12.8 Å². The molecule has 108 valence electrons. The molecule has 1 aromatic heterocycles. The van der Waals surface area contributed by atoms with Crippen LogP contribution in [0.2, 0.25) is 0 Å². The largest absolute Gasteiger partial charge is 0.382 e. The first-order valence-electron chi connectivity index (χ1n) is 5.78. The summed E-state index contributed by atoms with van der Waals surface area (Å²) >= 11 is 0. The van der Waals surface area contributed by atoms with Crippen LogP contribution in [0.1, 0.15) is 5.56 Å². The van der Waals surface area contributed by atoms with Crippen molar-refractivity contribution in [2.24, 2.45) is 0 Å². The molecular formula is C12H15FN4O2S. The van der Waals surface area contributed by atoms with Gasteiger partial charge >= 0.3 is 0 Å². The van der Waals surface area contributed by atoms with E-state index in [0.29, 0.717) is 11.3 Å². The summed E-state index contributed by atoms with van der Waals surface area (Å²) in [6, 6.07) is 4.10. The van der Waals surface area contributed by atoms with Crippen LogP contribution < -0.4 is 11.1 Å². The van der Waals surface area contributed by atoms with Crippen LogP contribution in [-0.4, -0.2) is 31.5 Å². The third-order valence-electron chi connectivity index (χ3n) is 2.87. The molecule has 2 rings (SSSR count). The van der Waals surface area contributed by atoms with Crippen molar-refractivity contribution in [3.8, 4) is 5.69 Å². The van der Waals surface area contributed by atoms with Gasteiger partial charge in [0.2, 0.25) is 0 Å². The fourth-order valence-electron chi connectivity index (χ4n) is 1.99. The number of sulfone groups is 1. The zero-order valence-corrected chi connectivity index (χ0v) is 12.1. The van der Waals surface area contributed by atoms with Crippen LogP contribution in [0.3, 0.4) is 0 Å². The Kier molecular flexibility index (Phi) is 3.43. The summed E-state index contributed by atoms with van der Waals surface area (Å²) in [5.74, 6) is -0.227. The Labute approximate surface area is 116 Å².